The monoisotopic (exact) mass is 862 g/mol. The minimum Gasteiger partial charge on any atom is -0.444 e. The number of nitrogens with zero attached hydrogens (tertiary/aromatic N) is 6. The highest BCUT2D eigenvalue weighted by atomic mass is 19.4. The van der Waals surface area contributed by atoms with Crippen molar-refractivity contribution in [3.63, 3.8) is 0 Å². The molecule has 1 atom stereocenters. The van der Waals surface area contributed by atoms with Gasteiger partial charge in [0.25, 0.3) is 12.3 Å². The number of alkyl halides is 5. The highest BCUT2D eigenvalue weighted by Gasteiger charge is 2.31. The van der Waals surface area contributed by atoms with E-state index in [-0.39, 0.29) is 53.8 Å². The quantitative estimate of drug-likeness (QED) is 0.0502. The Hall–Kier alpha value is -6.50. The predicted octanol–water partition coefficient (Wildman–Crippen LogP) is 7.60. The van der Waals surface area contributed by atoms with Crippen LogP contribution in [0.4, 0.5) is 27.6 Å². The summed E-state index contributed by atoms with van der Waals surface area (Å²) in [5, 5.41) is 8.73. The number of carbonyl (C=O) groups excluding carboxylic acids is 3. The second-order valence-corrected chi connectivity index (χ2v) is 15.0. The molecule has 1 fully saturated rings. The van der Waals surface area contributed by atoms with Crippen molar-refractivity contribution in [1.29, 1.82) is 0 Å². The number of halogens is 5. The van der Waals surface area contributed by atoms with Crippen molar-refractivity contribution in [1.82, 2.24) is 34.2 Å². The average Bonchev–Trinajstić information content (AvgIpc) is 3.97. The Kier molecular flexibility index (Phi) is 13.4. The summed E-state index contributed by atoms with van der Waals surface area (Å²) in [5.74, 6) is -1.70. The van der Waals surface area contributed by atoms with E-state index in [1.807, 2.05) is 30.3 Å². The molecule has 0 radical (unpaired) electrons. The molecule has 2 aromatic carbocycles. The molecule has 1 saturated heterocycles. The number of aryl methyl sites for hydroxylation is 4. The van der Waals surface area contributed by atoms with Gasteiger partial charge in [0.05, 0.1) is 28.6 Å². The van der Waals surface area contributed by atoms with E-state index >= 15 is 0 Å². The molecular formula is C43H43F5N8O6. The van der Waals surface area contributed by atoms with Crippen molar-refractivity contribution in [2.24, 2.45) is 7.05 Å². The molecular weight excluding hydrogens is 820 g/mol. The number of hydrogen-bond donors (Lipinski definition) is 2. The molecule has 7 rings (SSSR count). The summed E-state index contributed by atoms with van der Waals surface area (Å²) >= 11 is 0. The second-order valence-electron chi connectivity index (χ2n) is 15.0. The molecule has 5 heterocycles. The molecule has 6 aromatic rings. The van der Waals surface area contributed by atoms with Gasteiger partial charge < -0.3 is 14.5 Å². The summed E-state index contributed by atoms with van der Waals surface area (Å²) in [6.07, 6.45) is 0.372. The van der Waals surface area contributed by atoms with Crippen molar-refractivity contribution in [3.05, 3.63) is 112 Å². The second kappa shape index (κ2) is 19.0. The number of nitrogens with one attached hydrogen (secondary N) is 2. The molecule has 0 spiro atoms. The van der Waals surface area contributed by atoms with Crippen LogP contribution in [0, 0.1) is 0 Å². The van der Waals surface area contributed by atoms with E-state index in [9.17, 15) is 41.1 Å². The summed E-state index contributed by atoms with van der Waals surface area (Å²) in [7, 11) is 1.67. The largest absolute Gasteiger partial charge is 0.444 e. The lowest BCUT2D eigenvalue weighted by Crippen LogP contribution is -2.44. The van der Waals surface area contributed by atoms with E-state index in [1.165, 1.54) is 38.3 Å². The number of imidazole rings is 1. The summed E-state index contributed by atoms with van der Waals surface area (Å²) in [4.78, 5) is 58.1. The van der Waals surface area contributed by atoms with Gasteiger partial charge >= 0.3 is 11.9 Å². The van der Waals surface area contributed by atoms with Crippen LogP contribution in [-0.2, 0) is 40.6 Å². The molecule has 1 unspecified atom stereocenters. The molecule has 2 N–H and O–H groups in total. The lowest BCUT2D eigenvalue weighted by atomic mass is 10.1. The molecule has 1 aliphatic rings. The standard InChI is InChI=1S/C43H43F5N8O6/c1-54-35-22-27(10-13-33(35)56(42(54)60)34-14-15-36(57)52-40(34)59)7-5-21-61-20-4-2-3-6-26-8-11-30(12-9-26)55-24-31(37(53-55)38(44)45)50-39(58)32-25-62-41(51-32)28-17-19-49-29(23-28)16-18-43(46,47)48/h8-13,17,19,22-25,34,38H,2-7,14-16,18,20-21H2,1H3,(H,50,58)(H,52,57,59). The molecule has 0 saturated carbocycles. The molecule has 14 nitrogen and oxygen atoms in total. The van der Waals surface area contributed by atoms with Crippen LogP contribution in [0.3, 0.4) is 0 Å². The van der Waals surface area contributed by atoms with Crippen molar-refractivity contribution in [3.8, 4) is 17.1 Å². The fourth-order valence-electron chi connectivity index (χ4n) is 7.29. The number of rotatable bonds is 18. The van der Waals surface area contributed by atoms with E-state index < -0.39 is 42.6 Å². The Bertz CT molecular complexity index is 2610. The SMILES string of the molecule is Cn1c(=O)n(C2CCC(=O)NC2=O)c2ccc(CCCOCCCCCc3ccc(-n4cc(NC(=O)c5coc(-c6ccnc(CCC(F)(F)F)c6)n5)c(C(F)F)n4)cc3)cc21. The van der Waals surface area contributed by atoms with Gasteiger partial charge in [-0.2, -0.15) is 18.3 Å². The fraction of sp³-hybridized carbons (Fsp3) is 0.372. The lowest BCUT2D eigenvalue weighted by Gasteiger charge is -2.21. The third-order valence-corrected chi connectivity index (χ3v) is 10.5. The van der Waals surface area contributed by atoms with Crippen molar-refractivity contribution in [2.45, 2.75) is 82.9 Å². The summed E-state index contributed by atoms with van der Waals surface area (Å²) in [6.45, 7) is 1.19. The zero-order chi connectivity index (χ0) is 44.0. The minimum absolute atomic E-state index is 0.0535. The number of fused-ring (bicyclic) bond motifs is 1. The van der Waals surface area contributed by atoms with Gasteiger partial charge in [0.15, 0.2) is 11.4 Å². The van der Waals surface area contributed by atoms with Gasteiger partial charge in [-0.1, -0.05) is 24.6 Å². The fourth-order valence-corrected chi connectivity index (χ4v) is 7.29. The first-order valence-corrected chi connectivity index (χ1v) is 20.1. The van der Waals surface area contributed by atoms with Gasteiger partial charge in [0.2, 0.25) is 17.7 Å². The third-order valence-electron chi connectivity index (χ3n) is 10.5. The van der Waals surface area contributed by atoms with Crippen molar-refractivity contribution >= 4 is 34.4 Å². The van der Waals surface area contributed by atoms with E-state index in [1.54, 1.807) is 19.2 Å². The number of ether oxygens (including phenoxy) is 1. The normalized spacial score (nSPS) is 14.5. The number of piperidine rings is 1. The Morgan fingerprint density at radius 3 is 2.47 bits per heavy atom. The maximum Gasteiger partial charge on any atom is 0.389 e. The number of carbonyl (C=O) groups is 3. The summed E-state index contributed by atoms with van der Waals surface area (Å²) < 4.78 is 81.4. The van der Waals surface area contributed by atoms with E-state index in [2.05, 4.69) is 25.7 Å². The predicted molar refractivity (Wildman–Crippen MR) is 216 cm³/mol. The van der Waals surface area contributed by atoms with E-state index in [0.717, 1.165) is 61.4 Å². The topological polar surface area (TPSA) is 168 Å². The van der Waals surface area contributed by atoms with E-state index in [4.69, 9.17) is 9.15 Å². The number of aromatic nitrogens is 6. The highest BCUT2D eigenvalue weighted by Crippen LogP contribution is 2.29. The van der Waals surface area contributed by atoms with Gasteiger partial charge in [-0.25, -0.2) is 23.2 Å². The van der Waals surface area contributed by atoms with Crippen LogP contribution in [0.1, 0.15) is 90.4 Å². The van der Waals surface area contributed by atoms with Gasteiger partial charge in [-0.3, -0.25) is 33.8 Å². The number of anilines is 1. The number of pyridine rings is 1. The number of benzene rings is 2. The van der Waals surface area contributed by atoms with Gasteiger partial charge in [0, 0.05) is 50.6 Å². The molecule has 0 bridgehead atoms. The van der Waals surface area contributed by atoms with Crippen LogP contribution in [0.5, 0.6) is 0 Å². The summed E-state index contributed by atoms with van der Waals surface area (Å²) in [6, 6.07) is 15.1. The van der Waals surface area contributed by atoms with Crippen LogP contribution in [0.15, 0.2) is 82.5 Å². The first-order chi connectivity index (χ1) is 29.7. The number of amides is 3. The van der Waals surface area contributed by atoms with E-state index in [0.29, 0.717) is 30.0 Å². The van der Waals surface area contributed by atoms with Crippen molar-refractivity contribution in [2.75, 3.05) is 18.5 Å². The minimum atomic E-state index is -4.35. The average molecular weight is 863 g/mol. The number of imide groups is 1. The molecule has 3 amide bonds. The first kappa shape index (κ1) is 43.6. The lowest BCUT2D eigenvalue weighted by molar-refractivity contribution is -0.136. The number of oxazole rings is 1. The Morgan fingerprint density at radius 1 is 0.952 bits per heavy atom. The number of hydrogen-bond acceptors (Lipinski definition) is 9. The molecule has 19 heteroatoms. The Labute approximate surface area is 351 Å². The molecule has 4 aromatic heterocycles. The maximum absolute atomic E-state index is 14.0. The zero-order valence-electron chi connectivity index (χ0n) is 33.6. The van der Waals surface area contributed by atoms with Gasteiger partial charge in [-0.15, -0.1) is 0 Å². The Balaban J connectivity index is 0.835. The number of unbranched alkanes of at least 4 members (excludes halogenated alkanes) is 2. The molecule has 62 heavy (non-hydrogen) atoms. The molecule has 1 aliphatic heterocycles. The van der Waals surface area contributed by atoms with Crippen LogP contribution < -0.4 is 16.3 Å². The smallest absolute Gasteiger partial charge is 0.389 e. The van der Waals surface area contributed by atoms with Crippen LogP contribution >= 0.6 is 0 Å². The van der Waals surface area contributed by atoms with Crippen LogP contribution in [-0.4, -0.2) is 66.0 Å². The maximum atomic E-state index is 14.0. The third kappa shape index (κ3) is 10.5. The molecule has 0 aliphatic carbocycles. The van der Waals surface area contributed by atoms with Gasteiger partial charge in [-0.05, 0) is 92.5 Å². The zero-order valence-corrected chi connectivity index (χ0v) is 33.6. The first-order valence-electron chi connectivity index (χ1n) is 20.1. The van der Waals surface area contributed by atoms with Crippen LogP contribution in [0.25, 0.3) is 28.2 Å². The summed E-state index contributed by atoms with van der Waals surface area (Å²) in [5.41, 5.74) is 3.01. The van der Waals surface area contributed by atoms with Gasteiger partial charge in [0.1, 0.15) is 12.3 Å². The molecule has 326 valence electrons. The van der Waals surface area contributed by atoms with Crippen molar-refractivity contribution < 1.29 is 45.5 Å². The van der Waals surface area contributed by atoms with Crippen LogP contribution in [0.2, 0.25) is 0 Å². The highest BCUT2D eigenvalue weighted by molar-refractivity contribution is 6.03. The Morgan fingerprint density at radius 2 is 1.71 bits per heavy atom.